The van der Waals surface area contributed by atoms with Gasteiger partial charge in [-0.05, 0) is 101 Å². The van der Waals surface area contributed by atoms with Gasteiger partial charge < -0.3 is 24.8 Å². The lowest BCUT2D eigenvalue weighted by Crippen LogP contribution is -2.48. The predicted octanol–water partition coefficient (Wildman–Crippen LogP) is 7.33. The monoisotopic (exact) mass is 708 g/mol. The van der Waals surface area contributed by atoms with E-state index in [0.29, 0.717) is 27.7 Å². The third-order valence-corrected chi connectivity index (χ3v) is 7.99. The molecule has 0 radical (unpaired) electrons. The van der Waals surface area contributed by atoms with Gasteiger partial charge in [-0.3, -0.25) is 4.79 Å². The van der Waals surface area contributed by atoms with E-state index in [1.54, 1.807) is 65.8 Å². The van der Waals surface area contributed by atoms with Gasteiger partial charge in [-0.2, -0.15) is 4.90 Å². The second-order valence-corrected chi connectivity index (χ2v) is 18.9. The van der Waals surface area contributed by atoms with Gasteiger partial charge in [-0.15, -0.1) is 0 Å². The molecule has 1 aromatic heterocycles. The Morgan fingerprint density at radius 2 is 1.49 bits per heavy atom. The molecule has 11 nitrogen and oxygen atoms in total. The van der Waals surface area contributed by atoms with E-state index in [1.165, 1.54) is 12.3 Å². The van der Waals surface area contributed by atoms with E-state index < -0.39 is 63.1 Å². The molecule has 14 heteroatoms. The van der Waals surface area contributed by atoms with E-state index >= 15 is 0 Å². The van der Waals surface area contributed by atoms with Crippen LogP contribution in [-0.4, -0.2) is 77.5 Å². The van der Waals surface area contributed by atoms with Gasteiger partial charge in [0.2, 0.25) is 5.91 Å². The minimum atomic E-state index is -1.16. The van der Waals surface area contributed by atoms with Gasteiger partial charge >= 0.3 is 18.3 Å². The number of anilines is 1. The van der Waals surface area contributed by atoms with E-state index in [0.717, 1.165) is 17.0 Å². The van der Waals surface area contributed by atoms with Crippen molar-refractivity contribution in [3.05, 3.63) is 71.4 Å². The highest BCUT2D eigenvalue weighted by molar-refractivity contribution is 8.32. The first-order valence-electron chi connectivity index (χ1n) is 15.6. The minimum Gasteiger partial charge on any atom is -0.449 e. The van der Waals surface area contributed by atoms with Crippen LogP contribution in [0.15, 0.2) is 48.7 Å². The zero-order chi connectivity index (χ0) is 36.7. The number of fused-ring (bicyclic) bond motifs is 1. The van der Waals surface area contributed by atoms with Gasteiger partial charge in [0.1, 0.15) is 23.9 Å². The largest absolute Gasteiger partial charge is 0.449 e. The second kappa shape index (κ2) is 15.8. The maximum absolute atomic E-state index is 13.9. The van der Waals surface area contributed by atoms with Gasteiger partial charge in [0, 0.05) is 33.2 Å². The summed E-state index contributed by atoms with van der Waals surface area (Å²) in [4.78, 5) is 57.5. The molecule has 0 aliphatic rings. The van der Waals surface area contributed by atoms with Crippen LogP contribution in [0.2, 0.25) is 0 Å². The third kappa shape index (κ3) is 12.5. The van der Waals surface area contributed by atoms with E-state index in [9.17, 15) is 28.0 Å². The topological polar surface area (TPSA) is 136 Å². The molecular weight excluding hydrogens is 658 g/mol. The standard InChI is InChI=1S/C35H46F2N4O7S.2H2/c1-34(2,3)47-32(44)41(33(45)48-35(4,5)6)29-25-12-10-23(18-24(25)14-15-38-29)21-39-30(42)28(20-22-11-13-26(36)27(37)19-22)40-31(43)46-16-17-49(7,8)9;;/h10-15,18-19,28H,16-17,20-21H2,1-9H3,(H,39,42)(H,40,43);2*1H/t28-;;/m0../s1. The third-order valence-electron chi connectivity index (χ3n) is 6.60. The number of carbonyl (C=O) groups is 4. The Kier molecular flexibility index (Phi) is 12.6. The van der Waals surface area contributed by atoms with Crippen LogP contribution >= 0.6 is 10.0 Å². The van der Waals surface area contributed by atoms with Crippen LogP contribution in [0.4, 0.5) is 29.0 Å². The van der Waals surface area contributed by atoms with Crippen LogP contribution in [0, 0.1) is 11.6 Å². The summed E-state index contributed by atoms with van der Waals surface area (Å²) in [5.41, 5.74) is -0.880. The van der Waals surface area contributed by atoms with Gasteiger partial charge in [0.15, 0.2) is 17.5 Å². The number of rotatable bonds is 10. The fraction of sp³-hybridized carbons (Fsp3) is 0.457. The number of nitrogens with one attached hydrogen (secondary N) is 2. The molecule has 0 saturated carbocycles. The Hall–Kier alpha value is -4.46. The van der Waals surface area contributed by atoms with Crippen molar-refractivity contribution in [3.8, 4) is 0 Å². The molecule has 4 amide bonds. The molecule has 0 bridgehead atoms. The summed E-state index contributed by atoms with van der Waals surface area (Å²) in [6, 6.07) is 8.84. The molecule has 0 saturated heterocycles. The highest BCUT2D eigenvalue weighted by Crippen LogP contribution is 2.33. The number of imide groups is 1. The fourth-order valence-electron chi connectivity index (χ4n) is 4.35. The predicted molar refractivity (Wildman–Crippen MR) is 191 cm³/mol. The van der Waals surface area contributed by atoms with E-state index in [-0.39, 0.29) is 28.2 Å². The smallest absolute Gasteiger partial charge is 0.425 e. The van der Waals surface area contributed by atoms with E-state index in [1.807, 2.05) is 0 Å². The molecule has 2 N–H and O–H groups in total. The maximum atomic E-state index is 13.9. The average molecular weight is 709 g/mol. The molecule has 3 rings (SSSR count). The number of carbonyl (C=O) groups excluding carboxylic acids is 4. The van der Waals surface area contributed by atoms with Crippen molar-refractivity contribution in [2.75, 3.05) is 36.0 Å². The summed E-state index contributed by atoms with van der Waals surface area (Å²) < 4.78 is 43.7. The quantitative estimate of drug-likeness (QED) is 0.209. The summed E-state index contributed by atoms with van der Waals surface area (Å²) >= 11 is 0. The van der Waals surface area contributed by atoms with Crippen LogP contribution < -0.4 is 15.5 Å². The van der Waals surface area contributed by atoms with Crippen molar-refractivity contribution in [1.82, 2.24) is 15.6 Å². The van der Waals surface area contributed by atoms with E-state index in [4.69, 9.17) is 14.2 Å². The maximum Gasteiger partial charge on any atom is 0.425 e. The molecule has 0 fully saturated rings. The molecule has 0 unspecified atom stereocenters. The van der Waals surface area contributed by atoms with Crippen molar-refractivity contribution in [2.24, 2.45) is 0 Å². The van der Waals surface area contributed by atoms with Gasteiger partial charge in [0.25, 0.3) is 0 Å². The number of amides is 4. The number of aromatic nitrogens is 1. The van der Waals surface area contributed by atoms with Crippen molar-refractivity contribution < 1.29 is 45.0 Å². The number of nitrogens with zero attached hydrogens (tertiary/aromatic N) is 2. The first-order chi connectivity index (χ1) is 22.6. The Morgan fingerprint density at radius 1 is 0.878 bits per heavy atom. The average Bonchev–Trinajstić information content (AvgIpc) is 2.95. The van der Waals surface area contributed by atoms with Gasteiger partial charge in [0.05, 0.1) is 0 Å². The molecule has 2 aromatic carbocycles. The molecule has 1 atom stereocenters. The first-order valence-corrected chi connectivity index (χ1v) is 18.6. The fourth-order valence-corrected chi connectivity index (χ4v) is 4.94. The van der Waals surface area contributed by atoms with Gasteiger partial charge in [-0.1, -0.05) is 18.2 Å². The molecule has 0 aliphatic heterocycles. The number of ether oxygens (including phenoxy) is 3. The van der Waals surface area contributed by atoms with Crippen LogP contribution in [0.25, 0.3) is 10.8 Å². The lowest BCUT2D eigenvalue weighted by Gasteiger charge is -2.28. The van der Waals surface area contributed by atoms with Crippen LogP contribution in [0.3, 0.4) is 0 Å². The number of benzene rings is 2. The Balaban J connectivity index is 0.00000650. The van der Waals surface area contributed by atoms with E-state index in [2.05, 4.69) is 34.4 Å². The van der Waals surface area contributed by atoms with Crippen molar-refractivity contribution in [2.45, 2.75) is 71.8 Å². The molecule has 49 heavy (non-hydrogen) atoms. The Labute approximate surface area is 290 Å². The summed E-state index contributed by atoms with van der Waals surface area (Å²) in [7, 11) is -0.922. The SMILES string of the molecule is CC(C)(C)OC(=O)N(C(=O)OC(C)(C)C)c1nccc2cc(CNC(=O)[C@H](Cc3ccc(F)c(F)c3)NC(=O)OCCS(C)(C)C)ccc12.[HH].[HH]. The minimum absolute atomic E-state index is 0. The zero-order valence-corrected chi connectivity index (χ0v) is 30.3. The zero-order valence-electron chi connectivity index (χ0n) is 29.4. The van der Waals surface area contributed by atoms with Crippen molar-refractivity contribution in [3.63, 3.8) is 0 Å². The number of pyridine rings is 1. The van der Waals surface area contributed by atoms with Crippen LogP contribution in [-0.2, 0) is 32.0 Å². The highest BCUT2D eigenvalue weighted by atomic mass is 32.3. The van der Waals surface area contributed by atoms with Crippen LogP contribution in [0.5, 0.6) is 0 Å². The first kappa shape index (κ1) is 39.0. The van der Waals surface area contributed by atoms with Crippen molar-refractivity contribution >= 4 is 50.8 Å². The number of alkyl carbamates (subject to hydrolysis) is 1. The Morgan fingerprint density at radius 3 is 2.06 bits per heavy atom. The molecule has 0 spiro atoms. The molecule has 3 aromatic rings. The summed E-state index contributed by atoms with van der Waals surface area (Å²) in [5, 5.41) is 6.35. The number of hydrogen-bond donors (Lipinski definition) is 2. The lowest BCUT2D eigenvalue weighted by atomic mass is 10.0. The molecule has 0 aliphatic carbocycles. The van der Waals surface area contributed by atoms with Crippen molar-refractivity contribution in [1.29, 1.82) is 0 Å². The molecule has 1 heterocycles. The summed E-state index contributed by atoms with van der Waals surface area (Å²) in [6.45, 7) is 10.2. The second-order valence-electron chi connectivity index (χ2n) is 14.3. The normalized spacial score (nSPS) is 12.9. The number of halogens is 2. The lowest BCUT2D eigenvalue weighted by molar-refractivity contribution is -0.123. The van der Waals surface area contributed by atoms with Gasteiger partial charge in [-0.25, -0.2) is 38.2 Å². The highest BCUT2D eigenvalue weighted by Gasteiger charge is 2.34. The Bertz CT molecular complexity index is 1670. The molecular formula is C35H50F2N4O7S. The summed E-state index contributed by atoms with van der Waals surface area (Å²) in [6.07, 6.45) is 4.81. The summed E-state index contributed by atoms with van der Waals surface area (Å²) in [5.74, 6) is -2.02. The molecule has 272 valence electrons. The van der Waals surface area contributed by atoms with Crippen LogP contribution in [0.1, 0.15) is 55.5 Å². The number of hydrogen-bond acceptors (Lipinski definition) is 8.